The lowest BCUT2D eigenvalue weighted by atomic mass is 10.0. The van der Waals surface area contributed by atoms with Crippen molar-refractivity contribution in [2.75, 3.05) is 5.32 Å². The monoisotopic (exact) mass is 360 g/mol. The largest absolute Gasteiger partial charge is 0.481 e. The summed E-state index contributed by atoms with van der Waals surface area (Å²) in [6, 6.07) is 6.58. The summed E-state index contributed by atoms with van der Waals surface area (Å²) in [6.07, 6.45) is 0.104. The molecule has 1 amide bonds. The van der Waals surface area contributed by atoms with Crippen molar-refractivity contribution >= 4 is 23.3 Å². The molecule has 1 atom stereocenters. The Balaban J connectivity index is 1.96. The van der Waals surface area contributed by atoms with Crippen LogP contribution >= 0.6 is 0 Å². The Labute approximate surface area is 149 Å². The molecule has 2 N–H and O–H groups in total. The van der Waals surface area contributed by atoms with Gasteiger partial charge in [0.1, 0.15) is 11.4 Å². The number of carboxylic acids is 1. The fourth-order valence-electron chi connectivity index (χ4n) is 2.60. The van der Waals surface area contributed by atoms with E-state index < -0.39 is 16.8 Å². The fraction of sp³-hybridized carbons (Fsp3) is 0.353. The van der Waals surface area contributed by atoms with E-state index in [9.17, 15) is 19.7 Å². The normalized spacial score (nSPS) is 11.8. The number of nitro groups is 1. The molecule has 1 heterocycles. The third-order valence-corrected chi connectivity index (χ3v) is 4.14. The SMILES string of the molecule is Cc1nn(CCC(=O)Nc2ccc(C(C)C(=O)O)cc2)c(C)c1[N+](=O)[O-]. The van der Waals surface area contributed by atoms with Crippen LogP contribution in [0.2, 0.25) is 0 Å². The third kappa shape index (κ3) is 4.24. The number of nitrogens with one attached hydrogen (secondary N) is 1. The van der Waals surface area contributed by atoms with Crippen molar-refractivity contribution in [3.8, 4) is 0 Å². The van der Waals surface area contributed by atoms with Crippen LogP contribution < -0.4 is 5.32 Å². The molecule has 0 aliphatic heterocycles. The van der Waals surface area contributed by atoms with Crippen LogP contribution in [0.25, 0.3) is 0 Å². The molecule has 2 aromatic rings. The topological polar surface area (TPSA) is 127 Å². The van der Waals surface area contributed by atoms with Gasteiger partial charge in [-0.25, -0.2) is 0 Å². The summed E-state index contributed by atoms with van der Waals surface area (Å²) in [5, 5.41) is 26.8. The predicted octanol–water partition coefficient (Wildman–Crippen LogP) is 2.63. The van der Waals surface area contributed by atoms with E-state index in [1.54, 1.807) is 45.0 Å². The maximum absolute atomic E-state index is 12.1. The third-order valence-electron chi connectivity index (χ3n) is 4.14. The fourth-order valence-corrected chi connectivity index (χ4v) is 2.60. The van der Waals surface area contributed by atoms with E-state index in [4.69, 9.17) is 5.11 Å². The molecule has 9 heteroatoms. The Morgan fingerprint density at radius 1 is 1.31 bits per heavy atom. The minimum atomic E-state index is -0.916. The number of amides is 1. The van der Waals surface area contributed by atoms with Crippen LogP contribution in [-0.2, 0) is 16.1 Å². The van der Waals surface area contributed by atoms with Gasteiger partial charge in [-0.1, -0.05) is 12.1 Å². The smallest absolute Gasteiger partial charge is 0.312 e. The van der Waals surface area contributed by atoms with Crippen LogP contribution in [0.15, 0.2) is 24.3 Å². The lowest BCUT2D eigenvalue weighted by Gasteiger charge is -2.09. The van der Waals surface area contributed by atoms with Crippen LogP contribution in [0.5, 0.6) is 0 Å². The Morgan fingerprint density at radius 2 is 1.92 bits per heavy atom. The van der Waals surface area contributed by atoms with Crippen LogP contribution in [-0.4, -0.2) is 31.7 Å². The number of rotatable bonds is 7. The van der Waals surface area contributed by atoms with Gasteiger partial charge in [-0.15, -0.1) is 0 Å². The molecule has 0 saturated carbocycles. The predicted molar refractivity (Wildman–Crippen MR) is 94.1 cm³/mol. The average molecular weight is 360 g/mol. The number of carbonyl (C=O) groups is 2. The molecule has 2 rings (SSSR count). The minimum Gasteiger partial charge on any atom is -0.481 e. The van der Waals surface area contributed by atoms with Crippen molar-refractivity contribution in [1.29, 1.82) is 0 Å². The molecule has 0 fully saturated rings. The second-order valence-electron chi connectivity index (χ2n) is 5.98. The number of aliphatic carboxylic acids is 1. The van der Waals surface area contributed by atoms with Crippen LogP contribution in [0, 0.1) is 24.0 Å². The van der Waals surface area contributed by atoms with Gasteiger partial charge in [-0.3, -0.25) is 24.4 Å². The summed E-state index contributed by atoms with van der Waals surface area (Å²) >= 11 is 0. The Kier molecular flexibility index (Phi) is 5.71. The van der Waals surface area contributed by atoms with E-state index in [-0.39, 0.29) is 24.6 Å². The lowest BCUT2D eigenvalue weighted by molar-refractivity contribution is -0.386. The zero-order valence-electron chi connectivity index (χ0n) is 14.7. The van der Waals surface area contributed by atoms with E-state index in [0.29, 0.717) is 22.6 Å². The molecule has 9 nitrogen and oxygen atoms in total. The standard InChI is InChI=1S/C17H20N4O5/c1-10(17(23)24)13-4-6-14(7-5-13)18-15(22)8-9-20-12(3)16(21(25)26)11(2)19-20/h4-7,10H,8-9H2,1-3H3,(H,18,22)(H,23,24). The van der Waals surface area contributed by atoms with Gasteiger partial charge in [0.15, 0.2) is 0 Å². The van der Waals surface area contributed by atoms with Gasteiger partial charge in [0.25, 0.3) is 0 Å². The van der Waals surface area contributed by atoms with Crippen molar-refractivity contribution in [2.24, 2.45) is 0 Å². The lowest BCUT2D eigenvalue weighted by Crippen LogP contribution is -2.16. The quantitative estimate of drug-likeness (QED) is 0.577. The molecule has 138 valence electrons. The summed E-state index contributed by atoms with van der Waals surface area (Å²) in [6.45, 7) is 4.96. The highest BCUT2D eigenvalue weighted by molar-refractivity contribution is 5.90. The number of nitrogens with zero attached hydrogens (tertiary/aromatic N) is 3. The molecule has 0 aliphatic rings. The summed E-state index contributed by atoms with van der Waals surface area (Å²) < 4.78 is 1.45. The van der Waals surface area contributed by atoms with Gasteiger partial charge in [0.05, 0.1) is 17.4 Å². The van der Waals surface area contributed by atoms with E-state index in [2.05, 4.69) is 10.4 Å². The number of benzene rings is 1. The maximum atomic E-state index is 12.1. The Hall–Kier alpha value is -3.23. The molecular weight excluding hydrogens is 340 g/mol. The molecule has 0 spiro atoms. The van der Waals surface area contributed by atoms with E-state index in [1.165, 1.54) is 4.68 Å². The summed E-state index contributed by atoms with van der Waals surface area (Å²) in [4.78, 5) is 33.5. The Morgan fingerprint density at radius 3 is 2.42 bits per heavy atom. The van der Waals surface area contributed by atoms with Crippen molar-refractivity contribution < 1.29 is 19.6 Å². The number of hydrogen-bond donors (Lipinski definition) is 2. The summed E-state index contributed by atoms with van der Waals surface area (Å²) in [5.74, 6) is -1.80. The molecule has 26 heavy (non-hydrogen) atoms. The van der Waals surface area contributed by atoms with Crippen LogP contribution in [0.3, 0.4) is 0 Å². The number of aryl methyl sites for hydroxylation is 2. The second kappa shape index (κ2) is 7.77. The highest BCUT2D eigenvalue weighted by atomic mass is 16.6. The van der Waals surface area contributed by atoms with Gasteiger partial charge >= 0.3 is 11.7 Å². The number of anilines is 1. The molecule has 0 radical (unpaired) electrons. The summed E-state index contributed by atoms with van der Waals surface area (Å²) in [7, 11) is 0. The van der Waals surface area contributed by atoms with Gasteiger partial charge in [-0.05, 0) is 38.5 Å². The first-order valence-corrected chi connectivity index (χ1v) is 8.01. The van der Waals surface area contributed by atoms with E-state index in [0.717, 1.165) is 0 Å². The average Bonchev–Trinajstić information content (AvgIpc) is 2.86. The highest BCUT2D eigenvalue weighted by Crippen LogP contribution is 2.22. The highest BCUT2D eigenvalue weighted by Gasteiger charge is 2.21. The molecule has 0 aliphatic carbocycles. The van der Waals surface area contributed by atoms with Gasteiger partial charge in [0.2, 0.25) is 5.91 Å². The molecule has 1 aromatic carbocycles. The van der Waals surface area contributed by atoms with E-state index >= 15 is 0 Å². The number of aromatic nitrogens is 2. The first kappa shape index (κ1) is 19.1. The first-order valence-electron chi connectivity index (χ1n) is 8.01. The zero-order chi connectivity index (χ0) is 19.4. The van der Waals surface area contributed by atoms with Gasteiger partial charge < -0.3 is 10.4 Å². The van der Waals surface area contributed by atoms with Gasteiger partial charge in [-0.2, -0.15) is 5.10 Å². The van der Waals surface area contributed by atoms with Crippen molar-refractivity contribution in [1.82, 2.24) is 9.78 Å². The van der Waals surface area contributed by atoms with Gasteiger partial charge in [0, 0.05) is 12.1 Å². The minimum absolute atomic E-state index is 0.0338. The molecule has 1 unspecified atom stereocenters. The molecular formula is C17H20N4O5. The molecule has 0 saturated heterocycles. The van der Waals surface area contributed by atoms with E-state index in [1.807, 2.05) is 0 Å². The van der Waals surface area contributed by atoms with Crippen molar-refractivity contribution in [3.63, 3.8) is 0 Å². The van der Waals surface area contributed by atoms with Crippen molar-refractivity contribution in [2.45, 2.75) is 39.7 Å². The zero-order valence-corrected chi connectivity index (χ0v) is 14.7. The molecule has 0 bridgehead atoms. The van der Waals surface area contributed by atoms with Crippen LogP contribution in [0.4, 0.5) is 11.4 Å². The van der Waals surface area contributed by atoms with Crippen LogP contribution in [0.1, 0.15) is 36.2 Å². The first-order chi connectivity index (χ1) is 12.2. The number of carboxylic acid groups (broad SMARTS) is 1. The van der Waals surface area contributed by atoms with Crippen molar-refractivity contribution in [3.05, 3.63) is 51.3 Å². The maximum Gasteiger partial charge on any atom is 0.312 e. The summed E-state index contributed by atoms with van der Waals surface area (Å²) in [5.41, 5.74) is 1.89. The number of carbonyl (C=O) groups excluding carboxylic acids is 1. The number of hydrogen-bond acceptors (Lipinski definition) is 5. The second-order valence-corrected chi connectivity index (χ2v) is 5.98. The molecule has 1 aromatic heterocycles. The Bertz CT molecular complexity index is 842.